The lowest BCUT2D eigenvalue weighted by Crippen LogP contribution is -2.27. The van der Waals surface area contributed by atoms with Crippen LogP contribution in [0.5, 0.6) is 0 Å². The van der Waals surface area contributed by atoms with Gasteiger partial charge in [-0.05, 0) is 42.3 Å². The lowest BCUT2D eigenvalue weighted by Gasteiger charge is -2.16. The first kappa shape index (κ1) is 11.3. The molecule has 0 saturated carbocycles. The van der Waals surface area contributed by atoms with Crippen LogP contribution in [0.25, 0.3) is 11.3 Å². The number of sulfonamides is 1. The predicted molar refractivity (Wildman–Crippen MR) is 70.0 cm³/mol. The smallest absolute Gasteiger partial charge is 0.232 e. The minimum absolute atomic E-state index is 0.524. The Morgan fingerprint density at radius 3 is 2.78 bits per heavy atom. The minimum atomic E-state index is -3.17. The summed E-state index contributed by atoms with van der Waals surface area (Å²) in [6.07, 6.45) is 3.62. The van der Waals surface area contributed by atoms with E-state index in [9.17, 15) is 8.42 Å². The summed E-state index contributed by atoms with van der Waals surface area (Å²) in [5, 5.41) is 0. The molecule has 94 valence electrons. The number of anilines is 1. The Kier molecular flexibility index (Phi) is 2.45. The summed E-state index contributed by atoms with van der Waals surface area (Å²) in [5.74, 6) is 0.801. The van der Waals surface area contributed by atoms with E-state index in [1.54, 1.807) is 6.26 Å². The van der Waals surface area contributed by atoms with Crippen molar-refractivity contribution in [3.63, 3.8) is 0 Å². The largest absolute Gasteiger partial charge is 0.464 e. The van der Waals surface area contributed by atoms with Gasteiger partial charge < -0.3 is 4.42 Å². The molecule has 1 aromatic heterocycles. The average Bonchev–Trinajstić information content (AvgIpc) is 2.96. The molecular weight excluding hydrogens is 250 g/mol. The molecule has 2 heterocycles. The summed E-state index contributed by atoms with van der Waals surface area (Å²) >= 11 is 0. The van der Waals surface area contributed by atoms with Gasteiger partial charge in [0.1, 0.15) is 5.76 Å². The van der Waals surface area contributed by atoms with Gasteiger partial charge in [-0.3, -0.25) is 4.31 Å². The Labute approximate surface area is 106 Å². The number of rotatable bonds is 2. The third kappa shape index (κ3) is 1.80. The van der Waals surface area contributed by atoms with Crippen LogP contribution in [0.4, 0.5) is 5.69 Å². The lowest BCUT2D eigenvalue weighted by molar-refractivity contribution is 0.582. The van der Waals surface area contributed by atoms with Crippen molar-refractivity contribution in [1.82, 2.24) is 0 Å². The van der Waals surface area contributed by atoms with Crippen LogP contribution in [0.3, 0.4) is 0 Å². The van der Waals surface area contributed by atoms with Crippen molar-refractivity contribution in [2.24, 2.45) is 0 Å². The predicted octanol–water partition coefficient (Wildman–Crippen LogP) is 2.27. The Morgan fingerprint density at radius 2 is 2.11 bits per heavy atom. The van der Waals surface area contributed by atoms with Crippen LogP contribution in [0.2, 0.25) is 0 Å². The van der Waals surface area contributed by atoms with Crippen LogP contribution in [0, 0.1) is 0 Å². The summed E-state index contributed by atoms with van der Waals surface area (Å²) in [4.78, 5) is 0. The maximum Gasteiger partial charge on any atom is 0.232 e. The highest BCUT2D eigenvalue weighted by Crippen LogP contribution is 2.33. The van der Waals surface area contributed by atoms with Crippen LogP contribution in [-0.2, 0) is 16.4 Å². The van der Waals surface area contributed by atoms with Crippen molar-refractivity contribution in [3.05, 3.63) is 42.2 Å². The van der Waals surface area contributed by atoms with Gasteiger partial charge in [0, 0.05) is 12.1 Å². The molecule has 1 aliphatic heterocycles. The van der Waals surface area contributed by atoms with Crippen LogP contribution >= 0.6 is 0 Å². The van der Waals surface area contributed by atoms with E-state index in [-0.39, 0.29) is 0 Å². The zero-order valence-corrected chi connectivity index (χ0v) is 10.8. The van der Waals surface area contributed by atoms with Crippen LogP contribution in [0.15, 0.2) is 41.0 Å². The molecule has 18 heavy (non-hydrogen) atoms. The van der Waals surface area contributed by atoms with Gasteiger partial charge in [-0.15, -0.1) is 0 Å². The molecule has 0 spiro atoms. The quantitative estimate of drug-likeness (QED) is 0.835. The molecule has 2 aromatic rings. The molecule has 0 aliphatic carbocycles. The van der Waals surface area contributed by atoms with E-state index in [0.717, 1.165) is 29.0 Å². The van der Waals surface area contributed by atoms with Gasteiger partial charge in [-0.2, -0.15) is 0 Å². The second-order valence-corrected chi connectivity index (χ2v) is 6.31. The van der Waals surface area contributed by atoms with Crippen molar-refractivity contribution in [2.75, 3.05) is 17.1 Å². The van der Waals surface area contributed by atoms with Gasteiger partial charge in [-0.1, -0.05) is 0 Å². The van der Waals surface area contributed by atoms with Crippen molar-refractivity contribution >= 4 is 15.7 Å². The SMILES string of the molecule is CS(=O)(=O)N1CCc2cc(-c3ccco3)ccc21. The highest BCUT2D eigenvalue weighted by atomic mass is 32.2. The molecule has 3 rings (SSSR count). The van der Waals surface area contributed by atoms with Crippen LogP contribution in [-0.4, -0.2) is 21.2 Å². The minimum Gasteiger partial charge on any atom is -0.464 e. The zero-order valence-electron chi connectivity index (χ0n) is 9.96. The standard InChI is InChI=1S/C13H13NO3S/c1-18(15,16)14-7-6-10-9-11(4-5-12(10)14)13-3-2-8-17-13/h2-5,8-9H,6-7H2,1H3. The maximum absolute atomic E-state index is 11.6. The molecule has 0 N–H and O–H groups in total. The van der Waals surface area contributed by atoms with Crippen molar-refractivity contribution in [3.8, 4) is 11.3 Å². The molecular formula is C13H13NO3S. The van der Waals surface area contributed by atoms with E-state index < -0.39 is 10.0 Å². The maximum atomic E-state index is 11.6. The van der Waals surface area contributed by atoms with Crippen LogP contribution < -0.4 is 4.31 Å². The second kappa shape index (κ2) is 3.88. The Morgan fingerprint density at radius 1 is 1.28 bits per heavy atom. The second-order valence-electron chi connectivity index (χ2n) is 4.41. The first-order chi connectivity index (χ1) is 8.55. The summed E-state index contributed by atoms with van der Waals surface area (Å²) in [6.45, 7) is 0.524. The van der Waals surface area contributed by atoms with Crippen molar-refractivity contribution < 1.29 is 12.8 Å². The summed E-state index contributed by atoms with van der Waals surface area (Å²) < 4.78 is 30.0. The Bertz CT molecular complexity index is 674. The zero-order chi connectivity index (χ0) is 12.8. The van der Waals surface area contributed by atoms with E-state index in [1.807, 2.05) is 30.3 Å². The first-order valence-corrected chi connectivity index (χ1v) is 7.55. The van der Waals surface area contributed by atoms with E-state index in [1.165, 1.54) is 10.6 Å². The number of fused-ring (bicyclic) bond motifs is 1. The summed E-state index contributed by atoms with van der Waals surface area (Å²) in [7, 11) is -3.17. The first-order valence-electron chi connectivity index (χ1n) is 5.70. The fraction of sp³-hybridized carbons (Fsp3) is 0.231. The van der Waals surface area contributed by atoms with Crippen molar-refractivity contribution in [2.45, 2.75) is 6.42 Å². The van der Waals surface area contributed by atoms with E-state index in [2.05, 4.69) is 0 Å². The van der Waals surface area contributed by atoms with Gasteiger partial charge >= 0.3 is 0 Å². The fourth-order valence-corrected chi connectivity index (χ4v) is 3.27. The number of nitrogens with zero attached hydrogens (tertiary/aromatic N) is 1. The Balaban J connectivity index is 2.05. The molecule has 0 amide bonds. The van der Waals surface area contributed by atoms with E-state index in [4.69, 9.17) is 4.42 Å². The molecule has 1 aromatic carbocycles. The lowest BCUT2D eigenvalue weighted by atomic mass is 10.1. The fourth-order valence-electron chi connectivity index (χ4n) is 2.31. The van der Waals surface area contributed by atoms with Gasteiger partial charge in [0.2, 0.25) is 10.0 Å². The van der Waals surface area contributed by atoms with Crippen LogP contribution in [0.1, 0.15) is 5.56 Å². The summed E-state index contributed by atoms with van der Waals surface area (Å²) in [5.41, 5.74) is 2.82. The van der Waals surface area contributed by atoms with E-state index in [0.29, 0.717) is 6.54 Å². The van der Waals surface area contributed by atoms with Gasteiger partial charge in [0.25, 0.3) is 0 Å². The van der Waals surface area contributed by atoms with Gasteiger partial charge in [-0.25, -0.2) is 8.42 Å². The van der Waals surface area contributed by atoms with E-state index >= 15 is 0 Å². The number of hydrogen-bond donors (Lipinski definition) is 0. The molecule has 0 atom stereocenters. The molecule has 0 radical (unpaired) electrons. The normalized spacial score (nSPS) is 14.8. The van der Waals surface area contributed by atoms with Gasteiger partial charge in [0.15, 0.2) is 0 Å². The molecule has 0 fully saturated rings. The number of hydrogen-bond acceptors (Lipinski definition) is 3. The number of benzene rings is 1. The molecule has 1 aliphatic rings. The highest BCUT2D eigenvalue weighted by Gasteiger charge is 2.26. The monoisotopic (exact) mass is 263 g/mol. The summed E-state index contributed by atoms with van der Waals surface area (Å²) in [6, 6.07) is 9.47. The molecule has 0 saturated heterocycles. The molecule has 0 bridgehead atoms. The average molecular weight is 263 g/mol. The third-order valence-corrected chi connectivity index (χ3v) is 4.32. The number of furan rings is 1. The Hall–Kier alpha value is -1.75. The van der Waals surface area contributed by atoms with Crippen molar-refractivity contribution in [1.29, 1.82) is 0 Å². The third-order valence-electron chi connectivity index (χ3n) is 3.14. The molecule has 0 unspecified atom stereocenters. The molecule has 5 heteroatoms. The topological polar surface area (TPSA) is 50.5 Å². The highest BCUT2D eigenvalue weighted by molar-refractivity contribution is 7.92. The molecule has 4 nitrogen and oxygen atoms in total. The van der Waals surface area contributed by atoms with Gasteiger partial charge in [0.05, 0.1) is 18.2 Å².